The second-order valence-electron chi connectivity index (χ2n) is 9.77. The van der Waals surface area contributed by atoms with Gasteiger partial charge in [-0.1, -0.05) is 107 Å². The van der Waals surface area contributed by atoms with Crippen molar-refractivity contribution in [3.63, 3.8) is 0 Å². The van der Waals surface area contributed by atoms with E-state index >= 15 is 0 Å². The van der Waals surface area contributed by atoms with Gasteiger partial charge < -0.3 is 4.74 Å². The van der Waals surface area contributed by atoms with Gasteiger partial charge in [0.1, 0.15) is 6.10 Å². The monoisotopic (exact) mass is 486 g/mol. The van der Waals surface area contributed by atoms with E-state index in [4.69, 9.17) is 4.74 Å². The van der Waals surface area contributed by atoms with Gasteiger partial charge in [-0.2, -0.15) is 0 Å². The van der Waals surface area contributed by atoms with Crippen LogP contribution in [0.5, 0.6) is 0 Å². The normalized spacial score (nSPS) is 11.9. The van der Waals surface area contributed by atoms with Crippen LogP contribution >= 0.6 is 0 Å². The second kappa shape index (κ2) is 15.2. The molecule has 0 bridgehead atoms. The van der Waals surface area contributed by atoms with E-state index in [-0.39, 0.29) is 12.1 Å². The third-order valence-electron chi connectivity index (χ3n) is 6.60. The number of aryl methyl sites for hydroxylation is 1. The lowest BCUT2D eigenvalue weighted by atomic mass is 10.0. The zero-order chi connectivity index (χ0) is 25.6. The van der Waals surface area contributed by atoms with E-state index in [9.17, 15) is 4.79 Å². The van der Waals surface area contributed by atoms with Crippen LogP contribution in [0, 0.1) is 0 Å². The predicted octanol–water partition coefficient (Wildman–Crippen LogP) is 8.38. The molecule has 1 heterocycles. The number of rotatable bonds is 15. The van der Waals surface area contributed by atoms with Gasteiger partial charge in [0.2, 0.25) is 0 Å². The number of carbonyl (C=O) groups excluding carboxylic acids is 1. The molecule has 0 saturated carbocycles. The maximum atomic E-state index is 11.5. The lowest BCUT2D eigenvalue weighted by Gasteiger charge is -2.13. The van der Waals surface area contributed by atoms with Crippen molar-refractivity contribution in [3.05, 3.63) is 72.1 Å². The Morgan fingerprint density at radius 2 is 1.25 bits per heavy atom. The summed E-state index contributed by atoms with van der Waals surface area (Å²) < 4.78 is 5.37. The molecule has 3 rings (SSSR count). The molecule has 192 valence electrons. The summed E-state index contributed by atoms with van der Waals surface area (Å²) >= 11 is 0. The Bertz CT molecular complexity index is 1030. The highest BCUT2D eigenvalue weighted by Crippen LogP contribution is 2.24. The molecule has 0 N–H and O–H groups in total. The standard InChI is InChI=1S/C32H42N2O2/c1-4-6-7-8-9-10-11-12-13-27-23-33-32(34-24-27)30-20-18-29(19-21-30)28-16-14-26(15-17-28)22-25(3)36-31(35)5-2/h14-21,23-25H,4-13,22H2,1-3H3/t25-/m1/s1. The first-order valence-corrected chi connectivity index (χ1v) is 13.8. The molecule has 0 aliphatic heterocycles. The average Bonchev–Trinajstić information content (AvgIpc) is 2.91. The summed E-state index contributed by atoms with van der Waals surface area (Å²) in [7, 11) is 0. The van der Waals surface area contributed by atoms with Gasteiger partial charge in [0.25, 0.3) is 0 Å². The van der Waals surface area contributed by atoms with E-state index < -0.39 is 0 Å². The molecule has 1 atom stereocenters. The molecule has 4 heteroatoms. The van der Waals surface area contributed by atoms with E-state index in [0.29, 0.717) is 6.42 Å². The molecule has 4 nitrogen and oxygen atoms in total. The van der Waals surface area contributed by atoms with Crippen molar-refractivity contribution in [3.8, 4) is 22.5 Å². The highest BCUT2D eigenvalue weighted by molar-refractivity contribution is 5.69. The molecule has 0 amide bonds. The number of aromatic nitrogens is 2. The van der Waals surface area contributed by atoms with Crippen LogP contribution < -0.4 is 0 Å². The minimum atomic E-state index is -0.152. The van der Waals surface area contributed by atoms with E-state index in [0.717, 1.165) is 40.9 Å². The molecular weight excluding hydrogens is 444 g/mol. The van der Waals surface area contributed by atoms with Crippen molar-refractivity contribution in [2.24, 2.45) is 0 Å². The molecule has 0 unspecified atom stereocenters. The van der Waals surface area contributed by atoms with Gasteiger partial charge in [-0.3, -0.25) is 4.79 Å². The zero-order valence-corrected chi connectivity index (χ0v) is 22.3. The number of hydrogen-bond donors (Lipinski definition) is 0. The van der Waals surface area contributed by atoms with Crippen molar-refractivity contribution in [2.75, 3.05) is 0 Å². The van der Waals surface area contributed by atoms with Crippen molar-refractivity contribution in [1.82, 2.24) is 9.97 Å². The van der Waals surface area contributed by atoms with Crippen LogP contribution in [0.4, 0.5) is 0 Å². The third kappa shape index (κ3) is 9.22. The van der Waals surface area contributed by atoms with Gasteiger partial charge in [-0.25, -0.2) is 9.97 Å². The quantitative estimate of drug-likeness (QED) is 0.160. The van der Waals surface area contributed by atoms with Crippen LogP contribution in [-0.4, -0.2) is 22.0 Å². The summed E-state index contributed by atoms with van der Waals surface area (Å²) in [5.74, 6) is 0.619. The molecule has 0 spiro atoms. The Kier molecular flexibility index (Phi) is 11.6. The van der Waals surface area contributed by atoms with Crippen molar-refractivity contribution in [1.29, 1.82) is 0 Å². The lowest BCUT2D eigenvalue weighted by molar-refractivity contribution is -0.147. The Morgan fingerprint density at radius 3 is 1.83 bits per heavy atom. The first-order valence-electron chi connectivity index (χ1n) is 13.8. The fourth-order valence-electron chi connectivity index (χ4n) is 4.42. The number of ether oxygens (including phenoxy) is 1. The molecule has 2 aromatic carbocycles. The van der Waals surface area contributed by atoms with E-state index in [1.54, 1.807) is 0 Å². The predicted molar refractivity (Wildman–Crippen MR) is 149 cm³/mol. The van der Waals surface area contributed by atoms with Crippen LogP contribution in [0.3, 0.4) is 0 Å². The number of esters is 1. The SMILES string of the molecule is CCCCCCCCCCc1cnc(-c2ccc(-c3ccc(C[C@@H](C)OC(=O)CC)cc3)cc2)nc1. The van der Waals surface area contributed by atoms with Gasteiger partial charge in [0, 0.05) is 30.8 Å². The van der Waals surface area contributed by atoms with Gasteiger partial charge in [0.15, 0.2) is 5.82 Å². The first-order chi connectivity index (χ1) is 17.6. The van der Waals surface area contributed by atoms with Crippen LogP contribution in [0.1, 0.15) is 89.7 Å². The molecule has 0 fully saturated rings. The Morgan fingerprint density at radius 1 is 0.722 bits per heavy atom. The Hall–Kier alpha value is -3.01. The van der Waals surface area contributed by atoms with Crippen LogP contribution in [0.25, 0.3) is 22.5 Å². The molecule has 36 heavy (non-hydrogen) atoms. The largest absolute Gasteiger partial charge is 0.462 e. The summed E-state index contributed by atoms with van der Waals surface area (Å²) in [5.41, 5.74) is 5.72. The zero-order valence-electron chi connectivity index (χ0n) is 22.3. The smallest absolute Gasteiger partial charge is 0.305 e. The molecule has 0 saturated heterocycles. The highest BCUT2D eigenvalue weighted by Gasteiger charge is 2.09. The van der Waals surface area contributed by atoms with Gasteiger partial charge in [-0.15, -0.1) is 0 Å². The maximum absolute atomic E-state index is 11.5. The fourth-order valence-corrected chi connectivity index (χ4v) is 4.42. The fraction of sp³-hybridized carbons (Fsp3) is 0.469. The summed E-state index contributed by atoms with van der Waals surface area (Å²) in [6.07, 6.45) is 16.7. The van der Waals surface area contributed by atoms with Crippen molar-refractivity contribution >= 4 is 5.97 Å². The maximum Gasteiger partial charge on any atom is 0.305 e. The van der Waals surface area contributed by atoms with Gasteiger partial charge in [-0.05, 0) is 42.0 Å². The lowest BCUT2D eigenvalue weighted by Crippen LogP contribution is -2.16. The molecule has 0 radical (unpaired) electrons. The van der Waals surface area contributed by atoms with E-state index in [1.807, 2.05) is 26.2 Å². The number of carbonyl (C=O) groups is 1. The number of unbranched alkanes of at least 4 members (excludes halogenated alkanes) is 7. The summed E-state index contributed by atoms with van der Waals surface area (Å²) in [6, 6.07) is 16.9. The third-order valence-corrected chi connectivity index (χ3v) is 6.60. The Labute approximate surface area is 217 Å². The summed E-state index contributed by atoms with van der Waals surface area (Å²) in [5, 5.41) is 0. The number of benzene rings is 2. The molecule has 3 aromatic rings. The van der Waals surface area contributed by atoms with Gasteiger partial charge in [0.05, 0.1) is 0 Å². The topological polar surface area (TPSA) is 52.1 Å². The molecular formula is C32H42N2O2. The van der Waals surface area contributed by atoms with Gasteiger partial charge >= 0.3 is 5.97 Å². The Balaban J connectivity index is 1.47. The average molecular weight is 487 g/mol. The second-order valence-corrected chi connectivity index (χ2v) is 9.77. The highest BCUT2D eigenvalue weighted by atomic mass is 16.5. The first kappa shape index (κ1) is 27.6. The molecule has 0 aliphatic carbocycles. The number of nitrogens with zero attached hydrogens (tertiary/aromatic N) is 2. The summed E-state index contributed by atoms with van der Waals surface area (Å²) in [6.45, 7) is 6.02. The summed E-state index contributed by atoms with van der Waals surface area (Å²) in [4.78, 5) is 20.7. The number of hydrogen-bond acceptors (Lipinski definition) is 4. The van der Waals surface area contributed by atoms with Crippen LogP contribution in [0.15, 0.2) is 60.9 Å². The van der Waals surface area contributed by atoms with Crippen molar-refractivity contribution < 1.29 is 9.53 Å². The van der Waals surface area contributed by atoms with E-state index in [1.165, 1.54) is 56.9 Å². The van der Waals surface area contributed by atoms with Crippen LogP contribution in [0.2, 0.25) is 0 Å². The molecule has 1 aromatic heterocycles. The molecule has 0 aliphatic rings. The van der Waals surface area contributed by atoms with Crippen molar-refractivity contribution in [2.45, 2.75) is 97.5 Å². The van der Waals surface area contributed by atoms with E-state index in [2.05, 4.69) is 65.4 Å². The minimum Gasteiger partial charge on any atom is -0.462 e. The van der Waals surface area contributed by atoms with Crippen LogP contribution in [-0.2, 0) is 22.4 Å². The minimum absolute atomic E-state index is 0.116.